The van der Waals surface area contributed by atoms with E-state index in [9.17, 15) is 5.11 Å². The Morgan fingerprint density at radius 3 is 2.61 bits per heavy atom. The van der Waals surface area contributed by atoms with Crippen LogP contribution in [0.25, 0.3) is 0 Å². The fraction of sp³-hybridized carbons (Fsp3) is 0.600. The Bertz CT molecular complexity index is 492. The number of aromatic hydroxyl groups is 1. The van der Waals surface area contributed by atoms with Gasteiger partial charge in [0.2, 0.25) is 0 Å². The standard InChI is InChI=1S/C15H20ClNO/c1-9(17)15(6-7-15)12-8-10-4-2-3-5-11(10)13(16)14(12)18/h8-9,18H,2-7,17H2,1H3. The minimum Gasteiger partial charge on any atom is -0.506 e. The number of benzene rings is 1. The van der Waals surface area contributed by atoms with Gasteiger partial charge in [0.25, 0.3) is 0 Å². The maximum absolute atomic E-state index is 10.4. The normalized spacial score (nSPS) is 22.4. The summed E-state index contributed by atoms with van der Waals surface area (Å²) in [5.74, 6) is 0.284. The van der Waals surface area contributed by atoms with Crippen LogP contribution in [0.1, 0.15) is 49.3 Å². The molecule has 3 N–H and O–H groups in total. The molecule has 0 bridgehead atoms. The van der Waals surface area contributed by atoms with Crippen molar-refractivity contribution in [3.8, 4) is 5.75 Å². The summed E-state index contributed by atoms with van der Waals surface area (Å²) in [4.78, 5) is 0. The zero-order valence-corrected chi connectivity index (χ0v) is 11.6. The summed E-state index contributed by atoms with van der Waals surface area (Å²) >= 11 is 6.36. The number of nitrogens with two attached hydrogens (primary N) is 1. The van der Waals surface area contributed by atoms with E-state index in [4.69, 9.17) is 17.3 Å². The summed E-state index contributed by atoms with van der Waals surface area (Å²) in [5.41, 5.74) is 9.55. The average molecular weight is 266 g/mol. The van der Waals surface area contributed by atoms with Crippen molar-refractivity contribution in [2.24, 2.45) is 5.73 Å². The van der Waals surface area contributed by atoms with E-state index in [2.05, 4.69) is 6.07 Å². The molecule has 1 fully saturated rings. The van der Waals surface area contributed by atoms with Gasteiger partial charge in [0.05, 0.1) is 5.02 Å². The van der Waals surface area contributed by atoms with Crippen molar-refractivity contribution >= 4 is 11.6 Å². The number of fused-ring (bicyclic) bond motifs is 1. The van der Waals surface area contributed by atoms with E-state index in [-0.39, 0.29) is 17.2 Å². The zero-order valence-electron chi connectivity index (χ0n) is 10.8. The van der Waals surface area contributed by atoms with Gasteiger partial charge in [-0.25, -0.2) is 0 Å². The number of halogens is 1. The minimum atomic E-state index is -0.0276. The Labute approximate surface area is 113 Å². The molecule has 2 aliphatic rings. The summed E-state index contributed by atoms with van der Waals surface area (Å²) < 4.78 is 0. The number of hydrogen-bond donors (Lipinski definition) is 2. The van der Waals surface area contributed by atoms with Crippen molar-refractivity contribution in [3.05, 3.63) is 27.8 Å². The molecule has 98 valence electrons. The number of phenolic OH excluding ortho intramolecular Hbond substituents is 1. The third-order valence-electron chi connectivity index (χ3n) is 4.75. The van der Waals surface area contributed by atoms with Crippen molar-refractivity contribution in [2.75, 3.05) is 0 Å². The van der Waals surface area contributed by atoms with Crippen LogP contribution in [-0.2, 0) is 18.3 Å². The summed E-state index contributed by atoms with van der Waals surface area (Å²) in [5, 5.41) is 11.0. The van der Waals surface area contributed by atoms with E-state index >= 15 is 0 Å². The first-order chi connectivity index (χ1) is 8.56. The highest BCUT2D eigenvalue weighted by atomic mass is 35.5. The molecular weight excluding hydrogens is 246 g/mol. The van der Waals surface area contributed by atoms with Gasteiger partial charge in [-0.1, -0.05) is 17.7 Å². The number of hydrogen-bond acceptors (Lipinski definition) is 2. The molecule has 0 heterocycles. The molecule has 0 aromatic heterocycles. The Morgan fingerprint density at radius 2 is 2.00 bits per heavy atom. The van der Waals surface area contributed by atoms with Crippen LogP contribution in [0.3, 0.4) is 0 Å². The van der Waals surface area contributed by atoms with Crippen molar-refractivity contribution < 1.29 is 5.11 Å². The maximum atomic E-state index is 10.4. The fourth-order valence-corrected chi connectivity index (χ4v) is 3.64. The minimum absolute atomic E-state index is 0.0276. The first-order valence-corrected chi connectivity index (χ1v) is 7.23. The van der Waals surface area contributed by atoms with Crippen LogP contribution in [0, 0.1) is 0 Å². The fourth-order valence-electron chi connectivity index (χ4n) is 3.33. The molecule has 0 saturated heterocycles. The molecule has 3 heteroatoms. The van der Waals surface area contributed by atoms with Crippen molar-refractivity contribution in [3.63, 3.8) is 0 Å². The van der Waals surface area contributed by atoms with Gasteiger partial charge >= 0.3 is 0 Å². The molecule has 0 amide bonds. The van der Waals surface area contributed by atoms with E-state index in [1.165, 1.54) is 18.4 Å². The van der Waals surface area contributed by atoms with Crippen LogP contribution in [0.15, 0.2) is 6.07 Å². The highest BCUT2D eigenvalue weighted by molar-refractivity contribution is 6.33. The van der Waals surface area contributed by atoms with Crippen molar-refractivity contribution in [1.82, 2.24) is 0 Å². The molecule has 18 heavy (non-hydrogen) atoms. The van der Waals surface area contributed by atoms with E-state index in [1.54, 1.807) is 0 Å². The maximum Gasteiger partial charge on any atom is 0.138 e. The Kier molecular flexibility index (Phi) is 2.83. The second-order valence-corrected chi connectivity index (χ2v) is 6.25. The largest absolute Gasteiger partial charge is 0.506 e. The van der Waals surface area contributed by atoms with Crippen LogP contribution >= 0.6 is 11.6 Å². The second-order valence-electron chi connectivity index (χ2n) is 5.88. The molecule has 1 aromatic carbocycles. The quantitative estimate of drug-likeness (QED) is 0.862. The van der Waals surface area contributed by atoms with E-state index < -0.39 is 0 Å². The van der Waals surface area contributed by atoms with Gasteiger partial charge in [-0.05, 0) is 56.6 Å². The number of phenols is 1. The molecule has 1 atom stereocenters. The van der Waals surface area contributed by atoms with Crippen molar-refractivity contribution in [2.45, 2.75) is 56.9 Å². The summed E-state index contributed by atoms with van der Waals surface area (Å²) in [6.45, 7) is 2.03. The first kappa shape index (κ1) is 12.3. The lowest BCUT2D eigenvalue weighted by atomic mass is 9.83. The van der Waals surface area contributed by atoms with Crippen LogP contribution in [0.4, 0.5) is 0 Å². The SMILES string of the molecule is CC(N)C1(c2cc3c(c(Cl)c2O)CCCC3)CC1. The summed E-state index contributed by atoms with van der Waals surface area (Å²) in [6.07, 6.45) is 6.59. The van der Waals surface area contributed by atoms with Gasteiger partial charge in [0, 0.05) is 17.0 Å². The first-order valence-electron chi connectivity index (χ1n) is 6.85. The van der Waals surface area contributed by atoms with Crippen LogP contribution in [0.5, 0.6) is 5.75 Å². The van der Waals surface area contributed by atoms with E-state index in [1.807, 2.05) is 6.92 Å². The third-order valence-corrected chi connectivity index (χ3v) is 5.16. The van der Waals surface area contributed by atoms with Crippen molar-refractivity contribution in [1.29, 1.82) is 0 Å². The lowest BCUT2D eigenvalue weighted by Gasteiger charge is -2.26. The second kappa shape index (κ2) is 4.14. The monoisotopic (exact) mass is 265 g/mol. The lowest BCUT2D eigenvalue weighted by Crippen LogP contribution is -2.32. The summed E-state index contributed by atoms with van der Waals surface area (Å²) in [6, 6.07) is 2.24. The molecule has 1 saturated carbocycles. The van der Waals surface area contributed by atoms with E-state index in [0.29, 0.717) is 5.02 Å². The topological polar surface area (TPSA) is 46.2 Å². The van der Waals surface area contributed by atoms with Crippen LogP contribution in [-0.4, -0.2) is 11.1 Å². The van der Waals surface area contributed by atoms with Gasteiger partial charge in [0.15, 0.2) is 0 Å². The van der Waals surface area contributed by atoms with Gasteiger partial charge in [-0.15, -0.1) is 0 Å². The third kappa shape index (κ3) is 1.66. The zero-order chi connectivity index (χ0) is 12.9. The highest BCUT2D eigenvalue weighted by Gasteiger charge is 2.49. The van der Waals surface area contributed by atoms with Crippen LogP contribution < -0.4 is 5.73 Å². The molecule has 0 spiro atoms. The summed E-state index contributed by atoms with van der Waals surface area (Å²) in [7, 11) is 0. The molecule has 1 aromatic rings. The van der Waals surface area contributed by atoms with E-state index in [0.717, 1.165) is 36.8 Å². The predicted molar refractivity (Wildman–Crippen MR) is 74.3 cm³/mol. The average Bonchev–Trinajstić information content (AvgIpc) is 3.15. The van der Waals surface area contributed by atoms with Gasteiger partial charge in [-0.2, -0.15) is 0 Å². The smallest absolute Gasteiger partial charge is 0.138 e. The Morgan fingerprint density at radius 1 is 1.33 bits per heavy atom. The molecule has 3 rings (SSSR count). The molecule has 2 nitrogen and oxygen atoms in total. The Hall–Kier alpha value is -0.730. The molecule has 0 aliphatic heterocycles. The molecule has 1 unspecified atom stereocenters. The molecule has 0 radical (unpaired) electrons. The van der Waals surface area contributed by atoms with Gasteiger partial charge < -0.3 is 10.8 Å². The van der Waals surface area contributed by atoms with Crippen LogP contribution in [0.2, 0.25) is 5.02 Å². The Balaban J connectivity index is 2.14. The predicted octanol–water partition coefficient (Wildman–Crippen LogP) is 3.30. The molecular formula is C15H20ClNO. The highest BCUT2D eigenvalue weighted by Crippen LogP contribution is 2.55. The molecule has 2 aliphatic carbocycles. The van der Waals surface area contributed by atoms with Gasteiger partial charge in [0.1, 0.15) is 5.75 Å². The lowest BCUT2D eigenvalue weighted by molar-refractivity contribution is 0.444. The number of aryl methyl sites for hydroxylation is 1. The van der Waals surface area contributed by atoms with Gasteiger partial charge in [-0.3, -0.25) is 0 Å². The number of rotatable bonds is 2.